The van der Waals surface area contributed by atoms with Gasteiger partial charge in [0.25, 0.3) is 0 Å². The van der Waals surface area contributed by atoms with E-state index in [4.69, 9.17) is 15.6 Å². The van der Waals surface area contributed by atoms with E-state index in [0.29, 0.717) is 13.2 Å². The van der Waals surface area contributed by atoms with Gasteiger partial charge in [-0.05, 0) is 30.5 Å². The van der Waals surface area contributed by atoms with Crippen LogP contribution in [-0.4, -0.2) is 49.0 Å². The average molecular weight is 343 g/mol. The molecule has 1 aromatic rings. The Bertz CT molecular complexity index is 409. The smallest absolute Gasteiger partial charge is 0.0701 e. The molecule has 0 radical (unpaired) electrons. The summed E-state index contributed by atoms with van der Waals surface area (Å²) in [6.07, 6.45) is 2.29. The molecule has 1 atom stereocenters. The van der Waals surface area contributed by atoms with E-state index in [9.17, 15) is 0 Å². The molecule has 0 spiro atoms. The zero-order valence-electron chi connectivity index (χ0n) is 11.7. The Morgan fingerprint density at radius 2 is 2.15 bits per heavy atom. The number of aliphatic hydroxyl groups excluding tert-OH is 1. The van der Waals surface area contributed by atoms with Crippen LogP contribution in [0.15, 0.2) is 28.7 Å². The summed E-state index contributed by atoms with van der Waals surface area (Å²) in [5.74, 6) is 0. The van der Waals surface area contributed by atoms with Gasteiger partial charge in [-0.25, -0.2) is 0 Å². The van der Waals surface area contributed by atoms with Crippen LogP contribution in [0.3, 0.4) is 0 Å². The highest BCUT2D eigenvalue weighted by Gasteiger charge is 2.25. The van der Waals surface area contributed by atoms with Crippen LogP contribution in [0.4, 0.5) is 0 Å². The fraction of sp³-hybridized carbons (Fsp3) is 0.600. The minimum absolute atomic E-state index is 0.101. The number of halogens is 1. The molecule has 4 nitrogen and oxygen atoms in total. The Morgan fingerprint density at radius 3 is 2.75 bits per heavy atom. The van der Waals surface area contributed by atoms with Gasteiger partial charge in [-0.1, -0.05) is 28.1 Å². The van der Waals surface area contributed by atoms with Crippen LogP contribution in [0.2, 0.25) is 0 Å². The lowest BCUT2D eigenvalue weighted by Crippen LogP contribution is -2.42. The highest BCUT2D eigenvalue weighted by molar-refractivity contribution is 9.10. The number of piperidine rings is 1. The van der Waals surface area contributed by atoms with E-state index >= 15 is 0 Å². The van der Waals surface area contributed by atoms with Crippen molar-refractivity contribution in [2.45, 2.75) is 25.0 Å². The van der Waals surface area contributed by atoms with Crippen molar-refractivity contribution in [1.29, 1.82) is 0 Å². The normalized spacial score (nSPS) is 19.1. The summed E-state index contributed by atoms with van der Waals surface area (Å²) in [7, 11) is 0. The van der Waals surface area contributed by atoms with Gasteiger partial charge in [0.2, 0.25) is 0 Å². The summed E-state index contributed by atoms with van der Waals surface area (Å²) in [5, 5.41) is 8.79. The van der Waals surface area contributed by atoms with E-state index in [1.807, 2.05) is 6.07 Å². The summed E-state index contributed by atoms with van der Waals surface area (Å²) in [6, 6.07) is 8.64. The maximum Gasteiger partial charge on any atom is 0.0701 e. The Hall–Kier alpha value is -0.460. The van der Waals surface area contributed by atoms with Crippen molar-refractivity contribution >= 4 is 15.9 Å². The molecular formula is C15H23BrN2O2. The lowest BCUT2D eigenvalue weighted by molar-refractivity contribution is -0.0148. The second kappa shape index (κ2) is 8.10. The number of nitrogens with two attached hydrogens (primary N) is 1. The molecule has 1 aliphatic heterocycles. The standard InChI is InChI=1S/C15H23BrN2O2/c16-13-3-1-2-12(10-13)15(11-17)18-6-4-14(5-7-18)20-9-8-19/h1-3,10,14-15,19H,4-9,11,17H2. The molecule has 1 fully saturated rings. The predicted octanol–water partition coefficient (Wildman–Crippen LogP) is 1.92. The van der Waals surface area contributed by atoms with Crippen molar-refractivity contribution in [3.8, 4) is 0 Å². The Labute approximate surface area is 129 Å². The zero-order valence-corrected chi connectivity index (χ0v) is 13.3. The number of nitrogens with zero attached hydrogens (tertiary/aromatic N) is 1. The average Bonchev–Trinajstić information content (AvgIpc) is 2.47. The monoisotopic (exact) mass is 342 g/mol. The molecule has 0 aromatic heterocycles. The molecular weight excluding hydrogens is 320 g/mol. The van der Waals surface area contributed by atoms with Crippen LogP contribution >= 0.6 is 15.9 Å². The van der Waals surface area contributed by atoms with Crippen molar-refractivity contribution in [3.63, 3.8) is 0 Å². The minimum Gasteiger partial charge on any atom is -0.394 e. The lowest BCUT2D eigenvalue weighted by Gasteiger charge is -2.37. The van der Waals surface area contributed by atoms with Gasteiger partial charge in [-0.2, -0.15) is 0 Å². The molecule has 20 heavy (non-hydrogen) atoms. The van der Waals surface area contributed by atoms with Crippen molar-refractivity contribution in [3.05, 3.63) is 34.3 Å². The van der Waals surface area contributed by atoms with Gasteiger partial charge in [0.05, 0.1) is 19.3 Å². The van der Waals surface area contributed by atoms with Crippen LogP contribution in [0.25, 0.3) is 0 Å². The van der Waals surface area contributed by atoms with Gasteiger partial charge < -0.3 is 15.6 Å². The predicted molar refractivity (Wildman–Crippen MR) is 83.6 cm³/mol. The zero-order chi connectivity index (χ0) is 14.4. The Morgan fingerprint density at radius 1 is 1.40 bits per heavy atom. The maximum absolute atomic E-state index is 8.79. The van der Waals surface area contributed by atoms with Gasteiger partial charge in [0.1, 0.15) is 0 Å². The van der Waals surface area contributed by atoms with Crippen molar-refractivity contribution in [2.24, 2.45) is 5.73 Å². The fourth-order valence-electron chi connectivity index (χ4n) is 2.78. The molecule has 0 amide bonds. The van der Waals surface area contributed by atoms with Crippen LogP contribution in [0, 0.1) is 0 Å². The highest BCUT2D eigenvalue weighted by Crippen LogP contribution is 2.26. The van der Waals surface area contributed by atoms with Crippen LogP contribution in [-0.2, 0) is 4.74 Å². The molecule has 3 N–H and O–H groups in total. The summed E-state index contributed by atoms with van der Waals surface area (Å²) < 4.78 is 6.70. The summed E-state index contributed by atoms with van der Waals surface area (Å²) in [5.41, 5.74) is 7.24. The lowest BCUT2D eigenvalue weighted by atomic mass is 10.0. The molecule has 2 rings (SSSR count). The second-order valence-electron chi connectivity index (χ2n) is 5.14. The molecule has 5 heteroatoms. The quantitative estimate of drug-likeness (QED) is 0.829. The second-order valence-corrected chi connectivity index (χ2v) is 6.05. The molecule has 1 aliphatic rings. The number of rotatable bonds is 6. The van der Waals surface area contributed by atoms with E-state index < -0.39 is 0 Å². The molecule has 1 saturated heterocycles. The van der Waals surface area contributed by atoms with Crippen molar-refractivity contribution in [2.75, 3.05) is 32.8 Å². The first-order valence-corrected chi connectivity index (χ1v) is 7.96. The number of hydrogen-bond donors (Lipinski definition) is 2. The van der Waals surface area contributed by atoms with E-state index in [0.717, 1.165) is 30.4 Å². The minimum atomic E-state index is 0.101. The van der Waals surface area contributed by atoms with Gasteiger partial charge in [-0.3, -0.25) is 4.90 Å². The largest absolute Gasteiger partial charge is 0.394 e. The molecule has 0 aliphatic carbocycles. The van der Waals surface area contributed by atoms with Crippen molar-refractivity contribution < 1.29 is 9.84 Å². The van der Waals surface area contributed by atoms with Gasteiger partial charge in [0.15, 0.2) is 0 Å². The van der Waals surface area contributed by atoms with Gasteiger partial charge in [0, 0.05) is 30.1 Å². The number of benzene rings is 1. The third-order valence-electron chi connectivity index (χ3n) is 3.82. The van der Waals surface area contributed by atoms with E-state index in [1.165, 1.54) is 5.56 Å². The summed E-state index contributed by atoms with van der Waals surface area (Å²) in [6.45, 7) is 3.15. The molecule has 1 unspecified atom stereocenters. The van der Waals surface area contributed by atoms with Gasteiger partial charge >= 0.3 is 0 Å². The molecule has 1 aromatic carbocycles. The first-order valence-electron chi connectivity index (χ1n) is 7.16. The Balaban J connectivity index is 1.93. The Kier molecular flexibility index (Phi) is 6.45. The summed E-state index contributed by atoms with van der Waals surface area (Å²) >= 11 is 3.52. The van der Waals surface area contributed by atoms with Crippen molar-refractivity contribution in [1.82, 2.24) is 4.90 Å². The highest BCUT2D eigenvalue weighted by atomic mass is 79.9. The van der Waals surface area contributed by atoms with Crippen LogP contribution in [0.5, 0.6) is 0 Å². The molecule has 0 saturated carbocycles. The number of aliphatic hydroxyl groups is 1. The number of hydrogen-bond acceptors (Lipinski definition) is 4. The first kappa shape index (κ1) is 15.9. The number of likely N-dealkylation sites (tertiary alicyclic amines) is 1. The molecule has 1 heterocycles. The molecule has 0 bridgehead atoms. The molecule has 112 valence electrons. The van der Waals surface area contributed by atoms with E-state index in [2.05, 4.69) is 39.0 Å². The van der Waals surface area contributed by atoms with E-state index in [-0.39, 0.29) is 18.8 Å². The summed E-state index contributed by atoms with van der Waals surface area (Å²) in [4.78, 5) is 2.43. The van der Waals surface area contributed by atoms with Gasteiger partial charge in [-0.15, -0.1) is 0 Å². The topological polar surface area (TPSA) is 58.7 Å². The first-order chi connectivity index (χ1) is 9.74. The third kappa shape index (κ3) is 4.27. The SMILES string of the molecule is NCC(c1cccc(Br)c1)N1CCC(OCCO)CC1. The third-order valence-corrected chi connectivity index (χ3v) is 4.31. The van der Waals surface area contributed by atoms with Crippen LogP contribution < -0.4 is 5.73 Å². The fourth-order valence-corrected chi connectivity index (χ4v) is 3.20. The van der Waals surface area contributed by atoms with E-state index in [1.54, 1.807) is 0 Å². The number of ether oxygens (including phenoxy) is 1. The van der Waals surface area contributed by atoms with Crippen LogP contribution in [0.1, 0.15) is 24.4 Å². The maximum atomic E-state index is 8.79.